The van der Waals surface area contributed by atoms with E-state index in [1.807, 2.05) is 18.2 Å². The molecule has 30 heavy (non-hydrogen) atoms. The summed E-state index contributed by atoms with van der Waals surface area (Å²) in [6, 6.07) is 10.9. The summed E-state index contributed by atoms with van der Waals surface area (Å²) in [6.45, 7) is 3.83. The van der Waals surface area contributed by atoms with Crippen LogP contribution < -0.4 is 19.7 Å². The fraction of sp³-hybridized carbons (Fsp3) is 0.364. The highest BCUT2D eigenvalue weighted by molar-refractivity contribution is 9.10. The number of hydrogen-bond donors (Lipinski definition) is 1. The molecule has 0 saturated carbocycles. The van der Waals surface area contributed by atoms with Crippen LogP contribution in [0.4, 0.5) is 11.4 Å². The number of Topliss-reactive ketones (excluding diaryl/α,β-unsaturated/α-hetero) is 1. The van der Waals surface area contributed by atoms with Crippen LogP contribution in [0.1, 0.15) is 23.2 Å². The Bertz CT molecular complexity index is 943. The molecule has 2 aliphatic heterocycles. The van der Waals surface area contributed by atoms with Crippen LogP contribution in [0.15, 0.2) is 40.9 Å². The van der Waals surface area contributed by atoms with Crippen molar-refractivity contribution >= 4 is 39.0 Å². The summed E-state index contributed by atoms with van der Waals surface area (Å²) in [6.07, 6.45) is 0.217. The van der Waals surface area contributed by atoms with E-state index in [1.54, 1.807) is 18.2 Å². The Labute approximate surface area is 183 Å². The molecule has 0 bridgehead atoms. The molecule has 1 fully saturated rings. The van der Waals surface area contributed by atoms with Crippen molar-refractivity contribution in [1.29, 1.82) is 0 Å². The molecule has 0 spiro atoms. The topological polar surface area (TPSA) is 77.1 Å². The second kappa shape index (κ2) is 9.49. The normalized spacial score (nSPS) is 15.6. The van der Waals surface area contributed by atoms with Crippen molar-refractivity contribution in [2.75, 3.05) is 49.7 Å². The Kier molecular flexibility index (Phi) is 6.54. The molecular weight excluding hydrogens is 452 g/mol. The number of hydrogen-bond acceptors (Lipinski definition) is 6. The minimum absolute atomic E-state index is 0.0995. The van der Waals surface area contributed by atoms with Crippen LogP contribution in [0.25, 0.3) is 0 Å². The summed E-state index contributed by atoms with van der Waals surface area (Å²) < 4.78 is 17.3. The van der Waals surface area contributed by atoms with E-state index in [0.717, 1.165) is 28.9 Å². The minimum Gasteiger partial charge on any atom is -0.486 e. The summed E-state index contributed by atoms with van der Waals surface area (Å²) in [4.78, 5) is 27.3. The first-order valence-electron chi connectivity index (χ1n) is 9.95. The number of ketones is 1. The molecule has 0 unspecified atom stereocenters. The van der Waals surface area contributed by atoms with E-state index in [0.29, 0.717) is 43.5 Å². The van der Waals surface area contributed by atoms with E-state index in [2.05, 4.69) is 26.1 Å². The molecule has 2 aromatic rings. The quantitative estimate of drug-likeness (QED) is 0.643. The van der Waals surface area contributed by atoms with Crippen molar-refractivity contribution in [2.45, 2.75) is 12.8 Å². The van der Waals surface area contributed by atoms with Gasteiger partial charge < -0.3 is 24.4 Å². The van der Waals surface area contributed by atoms with Gasteiger partial charge in [0, 0.05) is 36.0 Å². The molecule has 158 valence electrons. The molecule has 2 aliphatic rings. The zero-order valence-corrected chi connectivity index (χ0v) is 18.1. The summed E-state index contributed by atoms with van der Waals surface area (Å²) in [5, 5.41) is 2.96. The van der Waals surface area contributed by atoms with E-state index in [9.17, 15) is 9.59 Å². The molecule has 1 N–H and O–H groups in total. The lowest BCUT2D eigenvalue weighted by atomic mass is 10.1. The number of carbonyl (C=O) groups excluding carboxylic acids is 2. The Morgan fingerprint density at radius 2 is 1.70 bits per heavy atom. The third-order valence-corrected chi connectivity index (χ3v) is 5.52. The van der Waals surface area contributed by atoms with Crippen molar-refractivity contribution in [2.24, 2.45) is 0 Å². The van der Waals surface area contributed by atoms with Gasteiger partial charge in [0.15, 0.2) is 17.3 Å². The summed E-state index contributed by atoms with van der Waals surface area (Å²) in [7, 11) is 0. The van der Waals surface area contributed by atoms with Crippen LogP contribution in [-0.4, -0.2) is 51.2 Å². The number of benzene rings is 2. The molecule has 8 heteroatoms. The van der Waals surface area contributed by atoms with Gasteiger partial charge in [0.1, 0.15) is 13.2 Å². The summed E-state index contributed by atoms with van der Waals surface area (Å²) in [5.41, 5.74) is 2.19. The number of nitrogens with zero attached hydrogens (tertiary/aromatic N) is 1. The predicted octanol–water partition coefficient (Wildman–Crippen LogP) is 3.66. The molecule has 0 aromatic heterocycles. The zero-order valence-electron chi connectivity index (χ0n) is 16.5. The third-order valence-electron chi connectivity index (χ3n) is 5.03. The lowest BCUT2D eigenvalue weighted by molar-refractivity contribution is -0.116. The Balaban J connectivity index is 1.38. The summed E-state index contributed by atoms with van der Waals surface area (Å²) in [5.74, 6) is 0.903. The van der Waals surface area contributed by atoms with Crippen LogP contribution in [0, 0.1) is 0 Å². The SMILES string of the molecule is O=C(CCC(=O)c1ccc2c(c1)OCCO2)Nc1cc(Br)ccc1N1CCOCC1. The van der Waals surface area contributed by atoms with Crippen molar-refractivity contribution in [3.63, 3.8) is 0 Å². The largest absolute Gasteiger partial charge is 0.486 e. The number of halogens is 1. The molecule has 7 nitrogen and oxygen atoms in total. The van der Waals surface area contributed by atoms with E-state index >= 15 is 0 Å². The maximum absolute atomic E-state index is 12.6. The highest BCUT2D eigenvalue weighted by atomic mass is 79.9. The molecule has 0 radical (unpaired) electrons. The van der Waals surface area contributed by atoms with Crippen LogP contribution >= 0.6 is 15.9 Å². The van der Waals surface area contributed by atoms with Crippen molar-refractivity contribution in [3.8, 4) is 11.5 Å². The first-order chi connectivity index (χ1) is 14.6. The standard InChI is InChI=1S/C22H23BrN2O5/c23-16-2-3-18(25-7-9-28-10-8-25)17(14-16)24-22(27)6-4-19(26)15-1-5-20-21(13-15)30-12-11-29-20/h1-3,5,13-14H,4,6-12H2,(H,24,27). The molecule has 2 heterocycles. The number of fused-ring (bicyclic) bond motifs is 1. The maximum Gasteiger partial charge on any atom is 0.224 e. The molecule has 0 atom stereocenters. The highest BCUT2D eigenvalue weighted by Gasteiger charge is 2.18. The molecular formula is C22H23BrN2O5. The van der Waals surface area contributed by atoms with Crippen molar-refractivity contribution in [1.82, 2.24) is 0 Å². The average molecular weight is 475 g/mol. The van der Waals surface area contributed by atoms with E-state index in [4.69, 9.17) is 14.2 Å². The van der Waals surface area contributed by atoms with Crippen LogP contribution in [-0.2, 0) is 9.53 Å². The smallest absolute Gasteiger partial charge is 0.224 e. The van der Waals surface area contributed by atoms with Gasteiger partial charge in [0.2, 0.25) is 5.91 Å². The first kappa shape index (κ1) is 20.7. The lowest BCUT2D eigenvalue weighted by Gasteiger charge is -2.30. The molecule has 0 aliphatic carbocycles. The van der Waals surface area contributed by atoms with Gasteiger partial charge >= 0.3 is 0 Å². The van der Waals surface area contributed by atoms with Crippen molar-refractivity contribution in [3.05, 3.63) is 46.4 Å². The Morgan fingerprint density at radius 1 is 0.933 bits per heavy atom. The van der Waals surface area contributed by atoms with Crippen LogP contribution in [0.3, 0.4) is 0 Å². The van der Waals surface area contributed by atoms with Gasteiger partial charge in [0.05, 0.1) is 24.6 Å². The van der Waals surface area contributed by atoms with E-state index in [1.165, 1.54) is 0 Å². The molecule has 1 saturated heterocycles. The van der Waals surface area contributed by atoms with Gasteiger partial charge in [-0.3, -0.25) is 9.59 Å². The number of ether oxygens (including phenoxy) is 3. The maximum atomic E-state index is 12.6. The van der Waals surface area contributed by atoms with Crippen LogP contribution in [0.5, 0.6) is 11.5 Å². The second-order valence-electron chi connectivity index (χ2n) is 7.09. The Morgan fingerprint density at radius 3 is 2.50 bits per heavy atom. The number of carbonyl (C=O) groups is 2. The monoisotopic (exact) mass is 474 g/mol. The van der Waals surface area contributed by atoms with Gasteiger partial charge in [0.25, 0.3) is 0 Å². The lowest BCUT2D eigenvalue weighted by Crippen LogP contribution is -2.36. The van der Waals surface area contributed by atoms with Crippen molar-refractivity contribution < 1.29 is 23.8 Å². The first-order valence-corrected chi connectivity index (χ1v) is 10.7. The fourth-order valence-corrected chi connectivity index (χ4v) is 3.85. The summed E-state index contributed by atoms with van der Waals surface area (Å²) >= 11 is 3.46. The predicted molar refractivity (Wildman–Crippen MR) is 117 cm³/mol. The number of anilines is 2. The van der Waals surface area contributed by atoms with Gasteiger partial charge in [-0.1, -0.05) is 15.9 Å². The number of amides is 1. The third kappa shape index (κ3) is 4.94. The van der Waals surface area contributed by atoms with Gasteiger partial charge in [-0.2, -0.15) is 0 Å². The van der Waals surface area contributed by atoms with E-state index in [-0.39, 0.29) is 24.5 Å². The number of rotatable bonds is 6. The minimum atomic E-state index is -0.200. The average Bonchev–Trinajstić information content (AvgIpc) is 2.78. The molecule has 2 aromatic carbocycles. The zero-order chi connectivity index (χ0) is 20.9. The van der Waals surface area contributed by atoms with Crippen LogP contribution in [0.2, 0.25) is 0 Å². The van der Waals surface area contributed by atoms with Gasteiger partial charge in [-0.25, -0.2) is 0 Å². The van der Waals surface area contributed by atoms with Gasteiger partial charge in [-0.05, 0) is 36.4 Å². The number of nitrogens with one attached hydrogen (secondary N) is 1. The highest BCUT2D eigenvalue weighted by Crippen LogP contribution is 2.32. The Hall–Kier alpha value is -2.58. The molecule has 1 amide bonds. The molecule has 4 rings (SSSR count). The van der Waals surface area contributed by atoms with Gasteiger partial charge in [-0.15, -0.1) is 0 Å². The second-order valence-corrected chi connectivity index (χ2v) is 8.01. The van der Waals surface area contributed by atoms with E-state index < -0.39 is 0 Å². The fourth-order valence-electron chi connectivity index (χ4n) is 3.49. The number of morpholine rings is 1.